The molecule has 0 heterocycles. The van der Waals surface area contributed by atoms with Crippen LogP contribution < -0.4 is 14.8 Å². The van der Waals surface area contributed by atoms with Crippen LogP contribution >= 0.6 is 11.6 Å². The molecular formula is C22H20ClNO3. The summed E-state index contributed by atoms with van der Waals surface area (Å²) < 4.78 is 11.6. The summed E-state index contributed by atoms with van der Waals surface area (Å²) in [6.45, 7) is 3.58. The second-order valence-electron chi connectivity index (χ2n) is 6.07. The van der Waals surface area contributed by atoms with E-state index in [4.69, 9.17) is 21.1 Å². The lowest BCUT2D eigenvalue weighted by atomic mass is 10.2. The summed E-state index contributed by atoms with van der Waals surface area (Å²) in [5.74, 6) is 1.58. The van der Waals surface area contributed by atoms with Crippen LogP contribution in [0.15, 0.2) is 72.8 Å². The number of anilines is 1. The molecule has 5 heteroatoms. The van der Waals surface area contributed by atoms with Crippen LogP contribution in [0.25, 0.3) is 0 Å². The molecule has 0 aliphatic heterocycles. The van der Waals surface area contributed by atoms with Gasteiger partial charge in [-0.1, -0.05) is 41.9 Å². The summed E-state index contributed by atoms with van der Waals surface area (Å²) in [5, 5.41) is 3.52. The minimum absolute atomic E-state index is 0.272. The topological polar surface area (TPSA) is 47.6 Å². The summed E-state index contributed by atoms with van der Waals surface area (Å²) >= 11 is 6.02. The van der Waals surface area contributed by atoms with Crippen molar-refractivity contribution < 1.29 is 14.3 Å². The summed E-state index contributed by atoms with van der Waals surface area (Å²) in [4.78, 5) is 12.6. The minimum atomic E-state index is -0.685. The normalized spacial score (nSPS) is 11.5. The van der Waals surface area contributed by atoms with Crippen LogP contribution in [0.5, 0.6) is 17.2 Å². The van der Waals surface area contributed by atoms with Crippen molar-refractivity contribution in [3.05, 3.63) is 83.4 Å². The molecule has 138 valence electrons. The molecule has 0 bridgehead atoms. The molecule has 0 saturated carbocycles. The van der Waals surface area contributed by atoms with Gasteiger partial charge in [-0.2, -0.15) is 0 Å². The maximum atomic E-state index is 12.6. The van der Waals surface area contributed by atoms with Crippen LogP contribution in [-0.4, -0.2) is 12.0 Å². The molecule has 1 atom stereocenters. The van der Waals surface area contributed by atoms with Gasteiger partial charge in [-0.25, -0.2) is 0 Å². The lowest BCUT2D eigenvalue weighted by molar-refractivity contribution is -0.122. The Kier molecular flexibility index (Phi) is 5.99. The molecule has 1 N–H and O–H groups in total. The van der Waals surface area contributed by atoms with Crippen molar-refractivity contribution in [2.45, 2.75) is 20.0 Å². The van der Waals surface area contributed by atoms with Crippen molar-refractivity contribution >= 4 is 23.2 Å². The van der Waals surface area contributed by atoms with Crippen molar-refractivity contribution in [2.24, 2.45) is 0 Å². The van der Waals surface area contributed by atoms with Gasteiger partial charge >= 0.3 is 0 Å². The fraction of sp³-hybridized carbons (Fsp3) is 0.136. The summed E-state index contributed by atoms with van der Waals surface area (Å²) in [6.07, 6.45) is -0.685. The van der Waals surface area contributed by atoms with E-state index in [1.807, 2.05) is 49.4 Å². The molecule has 3 aromatic rings. The zero-order valence-electron chi connectivity index (χ0n) is 15.1. The number of carbonyl (C=O) groups excluding carboxylic acids is 1. The summed E-state index contributed by atoms with van der Waals surface area (Å²) in [7, 11) is 0. The molecule has 1 unspecified atom stereocenters. The van der Waals surface area contributed by atoms with E-state index in [0.717, 1.165) is 5.56 Å². The molecule has 0 aromatic heterocycles. The number of rotatable bonds is 6. The van der Waals surface area contributed by atoms with Crippen LogP contribution in [0, 0.1) is 6.92 Å². The highest BCUT2D eigenvalue weighted by atomic mass is 35.5. The Bertz CT molecular complexity index is 928. The Morgan fingerprint density at radius 3 is 2.41 bits per heavy atom. The van der Waals surface area contributed by atoms with E-state index in [9.17, 15) is 4.79 Å². The molecule has 0 aliphatic carbocycles. The van der Waals surface area contributed by atoms with E-state index in [-0.39, 0.29) is 5.91 Å². The standard InChI is InChI=1S/C22H20ClNO3/c1-15-14-18(12-13-19(15)23)26-16(2)22(25)24-20-10-6-7-11-21(20)27-17-8-4-3-5-9-17/h3-14,16H,1-2H3,(H,24,25). The molecule has 1 amide bonds. The fourth-order valence-electron chi connectivity index (χ4n) is 2.46. The van der Waals surface area contributed by atoms with Gasteiger partial charge in [-0.15, -0.1) is 0 Å². The Hall–Kier alpha value is -2.98. The van der Waals surface area contributed by atoms with E-state index in [1.165, 1.54) is 0 Å². The maximum absolute atomic E-state index is 12.6. The van der Waals surface area contributed by atoms with Crippen molar-refractivity contribution in [1.82, 2.24) is 0 Å². The van der Waals surface area contributed by atoms with Gasteiger partial charge in [0.05, 0.1) is 5.69 Å². The van der Waals surface area contributed by atoms with Gasteiger partial charge in [0.1, 0.15) is 11.5 Å². The SMILES string of the molecule is Cc1cc(OC(C)C(=O)Nc2ccccc2Oc2ccccc2)ccc1Cl. The number of nitrogens with one attached hydrogen (secondary N) is 1. The Morgan fingerprint density at radius 1 is 0.963 bits per heavy atom. The molecule has 0 saturated heterocycles. The third kappa shape index (κ3) is 5.02. The predicted molar refractivity (Wildman–Crippen MR) is 108 cm³/mol. The van der Waals surface area contributed by atoms with Crippen LogP contribution in [-0.2, 0) is 4.79 Å². The third-order valence-electron chi connectivity index (χ3n) is 3.93. The lowest BCUT2D eigenvalue weighted by Gasteiger charge is -2.17. The number of hydrogen-bond acceptors (Lipinski definition) is 3. The molecule has 0 fully saturated rings. The number of ether oxygens (including phenoxy) is 2. The molecule has 4 nitrogen and oxygen atoms in total. The molecule has 0 aliphatic rings. The quantitative estimate of drug-likeness (QED) is 0.582. The molecule has 3 rings (SSSR count). The van der Waals surface area contributed by atoms with E-state index >= 15 is 0 Å². The minimum Gasteiger partial charge on any atom is -0.481 e. The van der Waals surface area contributed by atoms with Crippen molar-refractivity contribution in [3.8, 4) is 17.2 Å². The first-order chi connectivity index (χ1) is 13.0. The first-order valence-electron chi connectivity index (χ1n) is 8.58. The molecule has 0 radical (unpaired) electrons. The average molecular weight is 382 g/mol. The monoisotopic (exact) mass is 381 g/mol. The number of hydrogen-bond donors (Lipinski definition) is 1. The number of halogens is 1. The van der Waals surface area contributed by atoms with Crippen molar-refractivity contribution in [2.75, 3.05) is 5.32 Å². The zero-order chi connectivity index (χ0) is 19.2. The van der Waals surface area contributed by atoms with Gasteiger partial charge in [0.2, 0.25) is 0 Å². The molecule has 0 spiro atoms. The number of benzene rings is 3. The second kappa shape index (κ2) is 8.60. The molecular weight excluding hydrogens is 362 g/mol. The number of para-hydroxylation sites is 3. The van der Waals surface area contributed by atoms with Crippen molar-refractivity contribution in [3.63, 3.8) is 0 Å². The highest BCUT2D eigenvalue weighted by Gasteiger charge is 2.17. The van der Waals surface area contributed by atoms with Crippen LogP contribution in [0.3, 0.4) is 0 Å². The maximum Gasteiger partial charge on any atom is 0.265 e. The number of aryl methyl sites for hydroxylation is 1. The smallest absolute Gasteiger partial charge is 0.265 e. The van der Waals surface area contributed by atoms with Gasteiger partial charge in [0.15, 0.2) is 11.9 Å². The lowest BCUT2D eigenvalue weighted by Crippen LogP contribution is -2.30. The number of amides is 1. The van der Waals surface area contributed by atoms with Gasteiger partial charge in [0.25, 0.3) is 5.91 Å². The Balaban J connectivity index is 1.69. The van der Waals surface area contributed by atoms with Crippen LogP contribution in [0.4, 0.5) is 5.69 Å². The first-order valence-corrected chi connectivity index (χ1v) is 8.96. The highest BCUT2D eigenvalue weighted by Crippen LogP contribution is 2.29. The Morgan fingerprint density at radius 2 is 1.67 bits per heavy atom. The molecule has 27 heavy (non-hydrogen) atoms. The third-order valence-corrected chi connectivity index (χ3v) is 4.35. The van der Waals surface area contributed by atoms with Crippen LogP contribution in [0.2, 0.25) is 5.02 Å². The van der Waals surface area contributed by atoms with Gasteiger partial charge < -0.3 is 14.8 Å². The van der Waals surface area contributed by atoms with E-state index in [2.05, 4.69) is 5.32 Å². The Labute approximate surface area is 163 Å². The van der Waals surface area contributed by atoms with Crippen molar-refractivity contribution in [1.29, 1.82) is 0 Å². The summed E-state index contributed by atoms with van der Waals surface area (Å²) in [6, 6.07) is 22.0. The highest BCUT2D eigenvalue weighted by molar-refractivity contribution is 6.31. The van der Waals surface area contributed by atoms with E-state index in [1.54, 1.807) is 37.3 Å². The zero-order valence-corrected chi connectivity index (χ0v) is 15.9. The van der Waals surface area contributed by atoms with Gasteiger partial charge in [0, 0.05) is 5.02 Å². The molecule has 3 aromatic carbocycles. The fourth-order valence-corrected chi connectivity index (χ4v) is 2.57. The van der Waals surface area contributed by atoms with E-state index in [0.29, 0.717) is 28.0 Å². The predicted octanol–water partition coefficient (Wildman–Crippen LogP) is 5.85. The van der Waals surface area contributed by atoms with Crippen LogP contribution in [0.1, 0.15) is 12.5 Å². The first kappa shape index (κ1) is 18.8. The van der Waals surface area contributed by atoms with Gasteiger partial charge in [-0.05, 0) is 61.9 Å². The van der Waals surface area contributed by atoms with E-state index < -0.39 is 6.10 Å². The number of carbonyl (C=O) groups is 1. The summed E-state index contributed by atoms with van der Waals surface area (Å²) in [5.41, 5.74) is 1.47. The van der Waals surface area contributed by atoms with Gasteiger partial charge in [-0.3, -0.25) is 4.79 Å². The average Bonchev–Trinajstić information content (AvgIpc) is 2.67. The largest absolute Gasteiger partial charge is 0.481 e. The second-order valence-corrected chi connectivity index (χ2v) is 6.48.